The molecule has 10 heavy (non-hydrogen) atoms. The molecule has 0 aliphatic carbocycles. The highest BCUT2D eigenvalue weighted by molar-refractivity contribution is 4.74. The van der Waals surface area contributed by atoms with Gasteiger partial charge in [-0.15, -0.1) is 0 Å². The highest BCUT2D eigenvalue weighted by Crippen LogP contribution is 2.15. The monoisotopic (exact) mass is 147 g/mol. The van der Waals surface area contributed by atoms with Crippen molar-refractivity contribution in [2.45, 2.75) is 31.3 Å². The Hall–Kier alpha value is -0.160. The number of nitrogens with two attached hydrogens (primary N) is 1. The Morgan fingerprint density at radius 2 is 2.20 bits per heavy atom. The first-order valence-electron chi connectivity index (χ1n) is 3.42. The van der Waals surface area contributed by atoms with Gasteiger partial charge in [0.25, 0.3) is 0 Å². The topological polar surface area (TPSA) is 75.7 Å². The predicted octanol–water partition coefficient (Wildman–Crippen LogP) is -1.20. The number of aliphatic hydroxyl groups excluding tert-OH is 2. The molecule has 1 saturated heterocycles. The van der Waals surface area contributed by atoms with Crippen LogP contribution in [0.4, 0.5) is 0 Å². The zero-order valence-electron chi connectivity index (χ0n) is 5.73. The number of ether oxygens (including phenoxy) is 1. The van der Waals surface area contributed by atoms with Crippen molar-refractivity contribution in [3.8, 4) is 0 Å². The van der Waals surface area contributed by atoms with Crippen molar-refractivity contribution in [2.75, 3.05) is 6.61 Å². The van der Waals surface area contributed by atoms with Gasteiger partial charge in [0.2, 0.25) is 0 Å². The molecule has 4 nitrogen and oxygen atoms in total. The van der Waals surface area contributed by atoms with Crippen molar-refractivity contribution in [2.24, 2.45) is 5.73 Å². The average molecular weight is 147 g/mol. The predicted molar refractivity (Wildman–Crippen MR) is 35.2 cm³/mol. The van der Waals surface area contributed by atoms with E-state index in [0.717, 1.165) is 0 Å². The third-order valence-electron chi connectivity index (χ3n) is 1.62. The Morgan fingerprint density at radius 1 is 1.50 bits per heavy atom. The van der Waals surface area contributed by atoms with Crippen LogP contribution in [0, 0.1) is 0 Å². The smallest absolute Gasteiger partial charge is 0.156 e. The second kappa shape index (κ2) is 3.30. The maximum absolute atomic E-state index is 8.97. The Balaban J connectivity index is 2.35. The minimum absolute atomic E-state index is 0.0408. The summed E-state index contributed by atoms with van der Waals surface area (Å²) in [5, 5.41) is 17.6. The van der Waals surface area contributed by atoms with E-state index in [0.29, 0.717) is 12.8 Å². The maximum Gasteiger partial charge on any atom is 0.156 e. The molecule has 1 heterocycles. The Kier molecular flexibility index (Phi) is 2.62. The van der Waals surface area contributed by atoms with E-state index in [-0.39, 0.29) is 18.8 Å². The first-order chi connectivity index (χ1) is 4.72. The van der Waals surface area contributed by atoms with Gasteiger partial charge in [-0.25, -0.2) is 0 Å². The molecule has 0 amide bonds. The standard InChI is InChI=1S/C6H13NO3/c7-4-1-5(3-8)10-6(9)2-4/h4-6,8-9H,1-3,7H2/t4?,5?,6-/m1/s1. The number of aliphatic hydroxyl groups is 2. The summed E-state index contributed by atoms with van der Waals surface area (Å²) >= 11 is 0. The van der Waals surface area contributed by atoms with Crippen LogP contribution < -0.4 is 5.73 Å². The van der Waals surface area contributed by atoms with E-state index in [9.17, 15) is 0 Å². The van der Waals surface area contributed by atoms with Crippen LogP contribution in [-0.4, -0.2) is 35.3 Å². The zero-order chi connectivity index (χ0) is 7.56. The quantitative estimate of drug-likeness (QED) is 0.435. The van der Waals surface area contributed by atoms with E-state index in [1.54, 1.807) is 0 Å². The summed E-state index contributed by atoms with van der Waals surface area (Å²) in [6, 6.07) is -0.0408. The summed E-state index contributed by atoms with van der Waals surface area (Å²) < 4.78 is 4.93. The lowest BCUT2D eigenvalue weighted by Crippen LogP contribution is -2.41. The molecule has 2 unspecified atom stereocenters. The van der Waals surface area contributed by atoms with Crippen LogP contribution in [0.1, 0.15) is 12.8 Å². The van der Waals surface area contributed by atoms with Crippen molar-refractivity contribution in [1.82, 2.24) is 0 Å². The number of hydrogen-bond acceptors (Lipinski definition) is 4. The van der Waals surface area contributed by atoms with E-state index < -0.39 is 6.29 Å². The minimum atomic E-state index is -0.791. The minimum Gasteiger partial charge on any atom is -0.394 e. The molecule has 1 aliphatic heterocycles. The molecule has 0 aromatic rings. The van der Waals surface area contributed by atoms with Gasteiger partial charge in [0.1, 0.15) is 0 Å². The van der Waals surface area contributed by atoms with Crippen LogP contribution in [0.5, 0.6) is 0 Å². The molecule has 4 heteroatoms. The van der Waals surface area contributed by atoms with Gasteiger partial charge in [-0.3, -0.25) is 0 Å². The molecule has 0 aromatic heterocycles. The second-order valence-corrected chi connectivity index (χ2v) is 2.63. The van der Waals surface area contributed by atoms with Gasteiger partial charge < -0.3 is 20.7 Å². The molecule has 3 atom stereocenters. The SMILES string of the molecule is NC1CC(CO)O[C@@H](O)C1. The third kappa shape index (κ3) is 1.91. The highest BCUT2D eigenvalue weighted by Gasteiger charge is 2.24. The summed E-state index contributed by atoms with van der Waals surface area (Å²) in [5.74, 6) is 0. The van der Waals surface area contributed by atoms with E-state index in [4.69, 9.17) is 20.7 Å². The van der Waals surface area contributed by atoms with Crippen molar-refractivity contribution in [3.63, 3.8) is 0 Å². The maximum atomic E-state index is 8.97. The highest BCUT2D eigenvalue weighted by atomic mass is 16.6. The summed E-state index contributed by atoms with van der Waals surface area (Å²) in [7, 11) is 0. The molecular weight excluding hydrogens is 134 g/mol. The van der Waals surface area contributed by atoms with Crippen LogP contribution in [0.15, 0.2) is 0 Å². The van der Waals surface area contributed by atoms with E-state index in [1.165, 1.54) is 0 Å². The number of hydrogen-bond donors (Lipinski definition) is 3. The molecule has 0 aromatic carbocycles. The van der Waals surface area contributed by atoms with Crippen LogP contribution in [-0.2, 0) is 4.74 Å². The van der Waals surface area contributed by atoms with Crippen LogP contribution in [0.25, 0.3) is 0 Å². The Labute approximate surface area is 59.6 Å². The van der Waals surface area contributed by atoms with E-state index in [1.807, 2.05) is 0 Å². The van der Waals surface area contributed by atoms with Gasteiger partial charge >= 0.3 is 0 Å². The Bertz CT molecular complexity index is 99.2. The van der Waals surface area contributed by atoms with Crippen molar-refractivity contribution in [3.05, 3.63) is 0 Å². The molecule has 1 fully saturated rings. The van der Waals surface area contributed by atoms with Crippen molar-refractivity contribution >= 4 is 0 Å². The van der Waals surface area contributed by atoms with Gasteiger partial charge in [-0.2, -0.15) is 0 Å². The van der Waals surface area contributed by atoms with E-state index >= 15 is 0 Å². The van der Waals surface area contributed by atoms with Gasteiger partial charge in [-0.05, 0) is 6.42 Å². The lowest BCUT2D eigenvalue weighted by molar-refractivity contribution is -0.176. The second-order valence-electron chi connectivity index (χ2n) is 2.63. The Morgan fingerprint density at radius 3 is 2.70 bits per heavy atom. The van der Waals surface area contributed by atoms with Gasteiger partial charge in [0, 0.05) is 12.5 Å². The fraction of sp³-hybridized carbons (Fsp3) is 1.00. The zero-order valence-corrected chi connectivity index (χ0v) is 5.73. The fourth-order valence-corrected chi connectivity index (χ4v) is 1.14. The van der Waals surface area contributed by atoms with E-state index in [2.05, 4.69) is 0 Å². The number of rotatable bonds is 1. The summed E-state index contributed by atoms with van der Waals surface area (Å²) in [5.41, 5.74) is 5.54. The largest absolute Gasteiger partial charge is 0.394 e. The lowest BCUT2D eigenvalue weighted by atomic mass is 10.0. The average Bonchev–Trinajstić information content (AvgIpc) is 1.85. The normalized spacial score (nSPS) is 41.7. The van der Waals surface area contributed by atoms with Gasteiger partial charge in [0.05, 0.1) is 12.7 Å². The lowest BCUT2D eigenvalue weighted by Gasteiger charge is -2.29. The first-order valence-corrected chi connectivity index (χ1v) is 3.42. The fourth-order valence-electron chi connectivity index (χ4n) is 1.14. The summed E-state index contributed by atoms with van der Waals surface area (Å²) in [4.78, 5) is 0. The van der Waals surface area contributed by atoms with Crippen LogP contribution in [0.2, 0.25) is 0 Å². The molecule has 0 radical (unpaired) electrons. The molecule has 1 rings (SSSR count). The molecule has 0 bridgehead atoms. The summed E-state index contributed by atoms with van der Waals surface area (Å²) in [6.07, 6.45) is 0.0315. The van der Waals surface area contributed by atoms with Crippen LogP contribution in [0.3, 0.4) is 0 Å². The molecular formula is C6H13NO3. The molecule has 0 spiro atoms. The van der Waals surface area contributed by atoms with Gasteiger partial charge in [0.15, 0.2) is 6.29 Å². The summed E-state index contributed by atoms with van der Waals surface area (Å²) in [6.45, 7) is -0.0647. The molecule has 1 aliphatic rings. The van der Waals surface area contributed by atoms with Crippen LogP contribution >= 0.6 is 0 Å². The van der Waals surface area contributed by atoms with Crippen molar-refractivity contribution < 1.29 is 14.9 Å². The molecule has 0 saturated carbocycles. The van der Waals surface area contributed by atoms with Gasteiger partial charge in [-0.1, -0.05) is 0 Å². The molecule has 60 valence electrons. The third-order valence-corrected chi connectivity index (χ3v) is 1.62. The first kappa shape index (κ1) is 7.94. The van der Waals surface area contributed by atoms with Crippen molar-refractivity contribution in [1.29, 1.82) is 0 Å². The molecule has 4 N–H and O–H groups in total.